The smallest absolute Gasteiger partial charge is 0.329 e. The first-order valence-electron chi connectivity index (χ1n) is 12.6. The molecule has 210 valence electrons. The van der Waals surface area contributed by atoms with Crippen molar-refractivity contribution in [2.75, 3.05) is 44.5 Å². The van der Waals surface area contributed by atoms with Gasteiger partial charge in [-0.15, -0.1) is 0 Å². The van der Waals surface area contributed by atoms with E-state index >= 15 is 0 Å². The molecular weight excluding hydrogens is 548 g/mol. The van der Waals surface area contributed by atoms with Crippen molar-refractivity contribution in [3.8, 4) is 5.75 Å². The molecule has 0 aliphatic rings. The standard InChI is InChI=1S/C29H32N4O5S2/c1-33(40-26-11-7-8-12-30-26)25-17-22(38-14-13-36-2)15-21-16-23(31-27(21)25)28(34)32-24(29(35)37-3)19-39-18-20-9-5-4-6-10-20/h4-12,15-17,24,31H,13-14,18-19H2,1-3H3,(H,32,34)/t24-/m0/s1. The highest BCUT2D eigenvalue weighted by Gasteiger charge is 2.24. The van der Waals surface area contributed by atoms with Crippen LogP contribution in [0, 0.1) is 0 Å². The van der Waals surface area contributed by atoms with Crippen LogP contribution in [0.2, 0.25) is 0 Å². The van der Waals surface area contributed by atoms with Gasteiger partial charge in [0.25, 0.3) is 5.91 Å². The van der Waals surface area contributed by atoms with Crippen LogP contribution in [0.15, 0.2) is 78.0 Å². The molecule has 2 aromatic heterocycles. The van der Waals surface area contributed by atoms with E-state index < -0.39 is 17.9 Å². The van der Waals surface area contributed by atoms with Crippen LogP contribution in [0.4, 0.5) is 5.69 Å². The van der Waals surface area contributed by atoms with Crippen LogP contribution >= 0.6 is 23.7 Å². The number of esters is 1. The summed E-state index contributed by atoms with van der Waals surface area (Å²) in [6.45, 7) is 0.835. The lowest BCUT2D eigenvalue weighted by molar-refractivity contribution is -0.142. The van der Waals surface area contributed by atoms with Gasteiger partial charge in [0.15, 0.2) is 0 Å². The molecule has 1 amide bonds. The van der Waals surface area contributed by atoms with E-state index in [1.54, 1.807) is 31.1 Å². The van der Waals surface area contributed by atoms with E-state index in [1.807, 2.05) is 72.0 Å². The highest BCUT2D eigenvalue weighted by molar-refractivity contribution is 8.00. The van der Waals surface area contributed by atoms with Gasteiger partial charge in [-0.05, 0) is 29.8 Å². The summed E-state index contributed by atoms with van der Waals surface area (Å²) < 4.78 is 17.9. The van der Waals surface area contributed by atoms with Crippen LogP contribution in [0.25, 0.3) is 10.9 Å². The Bertz CT molecular complexity index is 1400. The molecule has 9 nitrogen and oxygen atoms in total. The zero-order valence-electron chi connectivity index (χ0n) is 22.6. The first kappa shape index (κ1) is 29.3. The Hall–Kier alpha value is -3.67. The molecule has 0 spiro atoms. The van der Waals surface area contributed by atoms with Crippen molar-refractivity contribution in [2.45, 2.75) is 16.8 Å². The average molecular weight is 581 g/mol. The molecule has 0 aliphatic carbocycles. The number of amides is 1. The number of anilines is 1. The number of aromatic amines is 1. The number of carbonyl (C=O) groups excluding carboxylic acids is 2. The quantitative estimate of drug-likeness (QED) is 0.122. The zero-order chi connectivity index (χ0) is 28.3. The highest BCUT2D eigenvalue weighted by atomic mass is 32.2. The molecule has 0 saturated carbocycles. The van der Waals surface area contributed by atoms with Gasteiger partial charge < -0.3 is 28.8 Å². The van der Waals surface area contributed by atoms with Crippen molar-refractivity contribution in [1.29, 1.82) is 0 Å². The number of fused-ring (bicyclic) bond motifs is 1. The van der Waals surface area contributed by atoms with Crippen molar-refractivity contribution in [2.24, 2.45) is 0 Å². The molecule has 0 saturated heterocycles. The molecule has 2 aromatic carbocycles. The fourth-order valence-electron chi connectivity index (χ4n) is 3.90. The molecule has 0 fully saturated rings. The normalized spacial score (nSPS) is 11.7. The second-order valence-electron chi connectivity index (χ2n) is 8.74. The minimum atomic E-state index is -0.799. The van der Waals surface area contributed by atoms with Crippen molar-refractivity contribution < 1.29 is 23.8 Å². The number of rotatable bonds is 14. The lowest BCUT2D eigenvalue weighted by atomic mass is 10.2. The van der Waals surface area contributed by atoms with Crippen molar-refractivity contribution in [3.05, 3.63) is 84.2 Å². The predicted octanol–water partition coefficient (Wildman–Crippen LogP) is 4.94. The molecule has 0 aliphatic heterocycles. The van der Waals surface area contributed by atoms with E-state index in [-0.39, 0.29) is 0 Å². The number of ether oxygens (including phenoxy) is 3. The second-order valence-corrected chi connectivity index (χ2v) is 10.9. The first-order valence-corrected chi connectivity index (χ1v) is 14.5. The Balaban J connectivity index is 1.55. The summed E-state index contributed by atoms with van der Waals surface area (Å²) in [5.74, 6) is 0.834. The second kappa shape index (κ2) is 14.6. The van der Waals surface area contributed by atoms with Gasteiger partial charge in [-0.3, -0.25) is 4.79 Å². The summed E-state index contributed by atoms with van der Waals surface area (Å²) in [4.78, 5) is 33.4. The van der Waals surface area contributed by atoms with Gasteiger partial charge in [0.2, 0.25) is 0 Å². The lowest BCUT2D eigenvalue weighted by Crippen LogP contribution is -2.43. The van der Waals surface area contributed by atoms with E-state index in [1.165, 1.54) is 19.1 Å². The van der Waals surface area contributed by atoms with E-state index in [9.17, 15) is 9.59 Å². The highest BCUT2D eigenvalue weighted by Crippen LogP contribution is 2.36. The number of hydrogen-bond donors (Lipinski definition) is 2. The Morgan fingerprint density at radius 1 is 1.05 bits per heavy atom. The molecule has 4 aromatic rings. The molecular formula is C29H32N4O5S2. The van der Waals surface area contributed by atoms with Crippen molar-refractivity contribution in [3.63, 3.8) is 0 Å². The average Bonchev–Trinajstić information content (AvgIpc) is 3.41. The van der Waals surface area contributed by atoms with Gasteiger partial charge in [-0.2, -0.15) is 11.8 Å². The van der Waals surface area contributed by atoms with Crippen molar-refractivity contribution in [1.82, 2.24) is 15.3 Å². The minimum absolute atomic E-state index is 0.323. The third-order valence-corrected chi connectivity index (χ3v) is 7.88. The van der Waals surface area contributed by atoms with E-state index in [0.29, 0.717) is 36.2 Å². The Morgan fingerprint density at radius 2 is 1.85 bits per heavy atom. The number of benzene rings is 2. The van der Waals surface area contributed by atoms with Gasteiger partial charge in [0.05, 0.1) is 24.9 Å². The van der Waals surface area contributed by atoms with Crippen LogP contribution in [0.3, 0.4) is 0 Å². The third-order valence-electron chi connectivity index (χ3n) is 5.88. The first-order chi connectivity index (χ1) is 19.5. The van der Waals surface area contributed by atoms with Gasteiger partial charge in [-0.1, -0.05) is 36.4 Å². The summed E-state index contributed by atoms with van der Waals surface area (Å²) >= 11 is 3.00. The summed E-state index contributed by atoms with van der Waals surface area (Å²) in [5.41, 5.74) is 3.02. The topological polar surface area (TPSA) is 106 Å². The summed E-state index contributed by atoms with van der Waals surface area (Å²) in [6, 6.07) is 20.4. The van der Waals surface area contributed by atoms with Gasteiger partial charge in [-0.25, -0.2) is 9.78 Å². The van der Waals surface area contributed by atoms with E-state index in [2.05, 4.69) is 15.3 Å². The number of aromatic nitrogens is 2. The molecule has 40 heavy (non-hydrogen) atoms. The molecule has 2 N–H and O–H groups in total. The molecule has 2 heterocycles. The summed E-state index contributed by atoms with van der Waals surface area (Å²) in [5, 5.41) is 4.44. The van der Waals surface area contributed by atoms with Crippen molar-refractivity contribution >= 4 is 52.2 Å². The maximum absolute atomic E-state index is 13.3. The summed E-state index contributed by atoms with van der Waals surface area (Å²) in [7, 11) is 4.86. The number of thioether (sulfide) groups is 1. The fourth-order valence-corrected chi connectivity index (χ4v) is 5.67. The molecule has 0 bridgehead atoms. The monoisotopic (exact) mass is 580 g/mol. The van der Waals surface area contributed by atoms with E-state index in [0.717, 1.165) is 27.2 Å². The van der Waals surface area contributed by atoms with Crippen LogP contribution in [-0.2, 0) is 20.0 Å². The largest absolute Gasteiger partial charge is 0.491 e. The lowest BCUT2D eigenvalue weighted by Gasteiger charge is -2.19. The minimum Gasteiger partial charge on any atom is -0.491 e. The predicted molar refractivity (Wildman–Crippen MR) is 160 cm³/mol. The maximum Gasteiger partial charge on any atom is 0.329 e. The van der Waals surface area contributed by atoms with Gasteiger partial charge >= 0.3 is 5.97 Å². The van der Waals surface area contributed by atoms with Crippen LogP contribution < -0.4 is 14.4 Å². The number of pyridine rings is 1. The molecule has 4 rings (SSSR count). The Kier molecular flexibility index (Phi) is 10.7. The number of nitrogens with one attached hydrogen (secondary N) is 2. The number of methoxy groups -OCH3 is 2. The van der Waals surface area contributed by atoms with Crippen LogP contribution in [0.5, 0.6) is 5.75 Å². The third kappa shape index (κ3) is 7.93. The van der Waals surface area contributed by atoms with E-state index in [4.69, 9.17) is 14.2 Å². The Morgan fingerprint density at radius 3 is 2.58 bits per heavy atom. The SMILES string of the molecule is COCCOc1cc(N(C)Sc2ccccn2)c2[nH]c(C(=O)N[C@@H](CSCc3ccccc3)C(=O)OC)cc2c1. The molecule has 0 unspecified atom stereocenters. The zero-order valence-corrected chi connectivity index (χ0v) is 24.2. The maximum atomic E-state index is 13.3. The fraction of sp³-hybridized carbons (Fsp3) is 0.276. The number of H-pyrrole nitrogens is 1. The van der Waals surface area contributed by atoms with Gasteiger partial charge in [0.1, 0.15) is 29.1 Å². The Labute approximate surface area is 242 Å². The molecule has 0 radical (unpaired) electrons. The number of carbonyl (C=O) groups is 2. The summed E-state index contributed by atoms with van der Waals surface area (Å²) in [6.07, 6.45) is 1.74. The van der Waals surface area contributed by atoms with Crippen LogP contribution in [-0.4, -0.2) is 68.1 Å². The number of hydrogen-bond acceptors (Lipinski definition) is 9. The number of nitrogens with zero attached hydrogens (tertiary/aromatic N) is 2. The van der Waals surface area contributed by atoms with Gasteiger partial charge in [0, 0.05) is 55.3 Å². The molecule has 11 heteroatoms. The van der Waals surface area contributed by atoms with Crippen LogP contribution in [0.1, 0.15) is 16.1 Å². The molecule has 1 atom stereocenters.